The molecule has 0 amide bonds. The van der Waals surface area contributed by atoms with Crippen molar-refractivity contribution in [3.63, 3.8) is 0 Å². The predicted octanol–water partition coefficient (Wildman–Crippen LogP) is 3.25. The second kappa shape index (κ2) is 6.26. The Balaban J connectivity index is 2.24. The van der Waals surface area contributed by atoms with Gasteiger partial charge >= 0.3 is 0 Å². The summed E-state index contributed by atoms with van der Waals surface area (Å²) in [5, 5.41) is 7.83. The molecule has 0 fully saturated rings. The van der Waals surface area contributed by atoms with Gasteiger partial charge in [-0.05, 0) is 50.2 Å². The van der Waals surface area contributed by atoms with Crippen LogP contribution in [0.25, 0.3) is 0 Å². The van der Waals surface area contributed by atoms with Crippen molar-refractivity contribution in [2.45, 2.75) is 52.0 Å². The van der Waals surface area contributed by atoms with Crippen molar-refractivity contribution in [2.75, 3.05) is 6.54 Å². The SMILES string of the molecule is CCNC(C1=CCCCC1)c1snnc1CC. The lowest BCUT2D eigenvalue weighted by Gasteiger charge is -2.23. The Morgan fingerprint density at radius 3 is 2.94 bits per heavy atom. The molecule has 2 rings (SSSR count). The minimum absolute atomic E-state index is 0.357. The molecule has 0 bridgehead atoms. The maximum absolute atomic E-state index is 4.23. The van der Waals surface area contributed by atoms with E-state index in [9.17, 15) is 0 Å². The molecule has 1 aliphatic carbocycles. The minimum Gasteiger partial charge on any atom is -0.306 e. The maximum atomic E-state index is 4.23. The van der Waals surface area contributed by atoms with Gasteiger partial charge in [0.15, 0.2) is 0 Å². The van der Waals surface area contributed by atoms with E-state index in [4.69, 9.17) is 0 Å². The highest BCUT2D eigenvalue weighted by atomic mass is 32.1. The third kappa shape index (κ3) is 2.93. The third-order valence-electron chi connectivity index (χ3n) is 3.29. The summed E-state index contributed by atoms with van der Waals surface area (Å²) in [4.78, 5) is 1.32. The van der Waals surface area contributed by atoms with Crippen LogP contribution in [0.5, 0.6) is 0 Å². The van der Waals surface area contributed by atoms with Crippen molar-refractivity contribution in [3.05, 3.63) is 22.2 Å². The number of hydrogen-bond donors (Lipinski definition) is 1. The molecule has 0 aromatic carbocycles. The fraction of sp³-hybridized carbons (Fsp3) is 0.692. The first kappa shape index (κ1) is 12.7. The van der Waals surface area contributed by atoms with Gasteiger partial charge in [0, 0.05) is 0 Å². The van der Waals surface area contributed by atoms with Crippen molar-refractivity contribution in [2.24, 2.45) is 0 Å². The summed E-state index contributed by atoms with van der Waals surface area (Å²) in [7, 11) is 0. The molecule has 4 heteroatoms. The van der Waals surface area contributed by atoms with Crippen molar-refractivity contribution in [1.29, 1.82) is 0 Å². The summed E-state index contributed by atoms with van der Waals surface area (Å²) in [5.74, 6) is 0. The second-order valence-electron chi connectivity index (χ2n) is 4.45. The van der Waals surface area contributed by atoms with Crippen LogP contribution in [0.4, 0.5) is 0 Å². The standard InChI is InChI=1S/C13H21N3S/c1-3-11-13(17-16-15-11)12(14-4-2)10-8-6-5-7-9-10/h8,12,14H,3-7,9H2,1-2H3. The van der Waals surface area contributed by atoms with Crippen LogP contribution in [0, 0.1) is 0 Å². The third-order valence-corrected chi connectivity index (χ3v) is 4.12. The number of allylic oxidation sites excluding steroid dienone is 1. The molecular weight excluding hydrogens is 230 g/mol. The van der Waals surface area contributed by atoms with Crippen molar-refractivity contribution in [1.82, 2.24) is 14.9 Å². The Bertz CT molecular complexity index is 384. The number of rotatable bonds is 5. The zero-order chi connectivity index (χ0) is 12.1. The highest BCUT2D eigenvalue weighted by Crippen LogP contribution is 2.32. The lowest BCUT2D eigenvalue weighted by molar-refractivity contribution is 0.566. The highest BCUT2D eigenvalue weighted by molar-refractivity contribution is 7.05. The van der Waals surface area contributed by atoms with E-state index in [0.717, 1.165) is 18.7 Å². The van der Waals surface area contributed by atoms with E-state index >= 15 is 0 Å². The van der Waals surface area contributed by atoms with E-state index in [0.29, 0.717) is 6.04 Å². The van der Waals surface area contributed by atoms with E-state index < -0.39 is 0 Å². The van der Waals surface area contributed by atoms with Gasteiger partial charge < -0.3 is 5.32 Å². The van der Waals surface area contributed by atoms with Crippen LogP contribution in [0.3, 0.4) is 0 Å². The summed E-state index contributed by atoms with van der Waals surface area (Å²) in [6.45, 7) is 5.30. The van der Waals surface area contributed by atoms with E-state index in [1.165, 1.54) is 30.6 Å². The molecule has 17 heavy (non-hydrogen) atoms. The molecule has 0 aliphatic heterocycles. The lowest BCUT2D eigenvalue weighted by atomic mass is 9.92. The van der Waals surface area contributed by atoms with Crippen LogP contribution in [-0.4, -0.2) is 16.1 Å². The van der Waals surface area contributed by atoms with E-state index in [1.54, 1.807) is 17.1 Å². The van der Waals surface area contributed by atoms with Gasteiger partial charge in [-0.1, -0.05) is 30.0 Å². The number of likely N-dealkylation sites (N-methyl/N-ethyl adjacent to an activating group) is 1. The predicted molar refractivity (Wildman–Crippen MR) is 72.3 cm³/mol. The molecule has 1 N–H and O–H groups in total. The Kier molecular flexibility index (Phi) is 4.68. The number of aromatic nitrogens is 2. The quantitative estimate of drug-likeness (QED) is 0.816. The van der Waals surface area contributed by atoms with Crippen LogP contribution in [0.1, 0.15) is 56.1 Å². The smallest absolute Gasteiger partial charge is 0.0804 e. The average Bonchev–Trinajstić information content (AvgIpc) is 2.85. The first-order valence-corrected chi connectivity index (χ1v) is 7.37. The van der Waals surface area contributed by atoms with Gasteiger partial charge in [0.05, 0.1) is 16.6 Å². The van der Waals surface area contributed by atoms with Crippen molar-refractivity contribution < 1.29 is 0 Å². The van der Waals surface area contributed by atoms with Crippen LogP contribution in [0.15, 0.2) is 11.6 Å². The molecular formula is C13H21N3S. The first-order chi connectivity index (χ1) is 8.36. The molecule has 94 valence electrons. The molecule has 1 aromatic heterocycles. The molecule has 1 aromatic rings. The normalized spacial score (nSPS) is 17.9. The molecule has 0 radical (unpaired) electrons. The number of nitrogens with zero attached hydrogens (tertiary/aromatic N) is 2. The lowest BCUT2D eigenvalue weighted by Crippen LogP contribution is -2.23. The summed E-state index contributed by atoms with van der Waals surface area (Å²) < 4.78 is 4.12. The zero-order valence-corrected chi connectivity index (χ0v) is 11.5. The zero-order valence-electron chi connectivity index (χ0n) is 10.7. The molecule has 1 heterocycles. The molecule has 0 spiro atoms. The number of aryl methyl sites for hydroxylation is 1. The number of hydrogen-bond acceptors (Lipinski definition) is 4. The molecule has 3 nitrogen and oxygen atoms in total. The van der Waals surface area contributed by atoms with Crippen LogP contribution in [0.2, 0.25) is 0 Å². The molecule has 1 aliphatic rings. The van der Waals surface area contributed by atoms with Gasteiger partial charge in [-0.3, -0.25) is 0 Å². The highest BCUT2D eigenvalue weighted by Gasteiger charge is 2.22. The van der Waals surface area contributed by atoms with Gasteiger partial charge in [-0.25, -0.2) is 0 Å². The maximum Gasteiger partial charge on any atom is 0.0804 e. The Hall–Kier alpha value is -0.740. The summed E-state index contributed by atoms with van der Waals surface area (Å²) >= 11 is 1.55. The van der Waals surface area contributed by atoms with E-state index in [2.05, 4.69) is 34.8 Å². The molecule has 1 unspecified atom stereocenters. The van der Waals surface area contributed by atoms with E-state index in [-0.39, 0.29) is 0 Å². The summed E-state index contributed by atoms with van der Waals surface area (Å²) in [6, 6.07) is 0.357. The molecule has 1 atom stereocenters. The molecule has 0 saturated heterocycles. The number of nitrogens with one attached hydrogen (secondary N) is 1. The van der Waals surface area contributed by atoms with Gasteiger partial charge in [0.25, 0.3) is 0 Å². The second-order valence-corrected chi connectivity index (χ2v) is 5.24. The van der Waals surface area contributed by atoms with Crippen LogP contribution < -0.4 is 5.32 Å². The fourth-order valence-electron chi connectivity index (χ4n) is 2.40. The first-order valence-electron chi connectivity index (χ1n) is 6.60. The fourth-order valence-corrected chi connectivity index (χ4v) is 3.26. The van der Waals surface area contributed by atoms with Gasteiger partial charge in [0.1, 0.15) is 0 Å². The Labute approximate surface area is 107 Å². The molecule has 0 saturated carbocycles. The largest absolute Gasteiger partial charge is 0.306 e. The van der Waals surface area contributed by atoms with Gasteiger partial charge in [-0.15, -0.1) is 5.10 Å². The topological polar surface area (TPSA) is 37.8 Å². The van der Waals surface area contributed by atoms with Gasteiger partial charge in [-0.2, -0.15) is 0 Å². The van der Waals surface area contributed by atoms with Gasteiger partial charge in [0.2, 0.25) is 0 Å². The van der Waals surface area contributed by atoms with E-state index in [1.807, 2.05) is 0 Å². The summed E-state index contributed by atoms with van der Waals surface area (Å²) in [5.41, 5.74) is 2.70. The average molecular weight is 251 g/mol. The van der Waals surface area contributed by atoms with Crippen LogP contribution in [-0.2, 0) is 6.42 Å². The monoisotopic (exact) mass is 251 g/mol. The van der Waals surface area contributed by atoms with Crippen molar-refractivity contribution >= 4 is 11.5 Å². The Morgan fingerprint density at radius 1 is 1.41 bits per heavy atom. The van der Waals surface area contributed by atoms with Crippen LogP contribution >= 0.6 is 11.5 Å². The minimum atomic E-state index is 0.357. The Morgan fingerprint density at radius 2 is 2.29 bits per heavy atom. The van der Waals surface area contributed by atoms with Crippen molar-refractivity contribution in [3.8, 4) is 0 Å². The summed E-state index contributed by atoms with van der Waals surface area (Å²) in [6.07, 6.45) is 8.49.